The molecule has 5 nitrogen and oxygen atoms in total. The predicted molar refractivity (Wildman–Crippen MR) is 81.9 cm³/mol. The van der Waals surface area contributed by atoms with Crippen molar-refractivity contribution in [2.45, 2.75) is 57.1 Å². The largest absolute Gasteiger partial charge is 0.478 e. The molecule has 1 aliphatic carbocycles. The van der Waals surface area contributed by atoms with Crippen LogP contribution in [0.1, 0.15) is 61.4 Å². The van der Waals surface area contributed by atoms with Crippen LogP contribution >= 0.6 is 11.8 Å². The molecule has 116 valence electrons. The Morgan fingerprint density at radius 2 is 2.05 bits per heavy atom. The summed E-state index contributed by atoms with van der Waals surface area (Å²) in [7, 11) is 0. The number of thioether (sulfide) groups is 1. The van der Waals surface area contributed by atoms with Crippen LogP contribution in [0.25, 0.3) is 0 Å². The highest BCUT2D eigenvalue weighted by Gasteiger charge is 2.31. The molecule has 1 unspecified atom stereocenters. The lowest BCUT2D eigenvalue weighted by Gasteiger charge is -2.27. The maximum absolute atomic E-state index is 11.4. The van der Waals surface area contributed by atoms with Gasteiger partial charge in [0, 0.05) is 11.7 Å². The number of hydrogen-bond acceptors (Lipinski definition) is 5. The van der Waals surface area contributed by atoms with E-state index in [0.717, 1.165) is 18.7 Å². The second kappa shape index (κ2) is 5.93. The van der Waals surface area contributed by atoms with Gasteiger partial charge in [-0.05, 0) is 32.6 Å². The molecule has 1 saturated carbocycles. The van der Waals surface area contributed by atoms with Crippen LogP contribution in [0.5, 0.6) is 0 Å². The molecular weight excluding hydrogens is 288 g/mol. The third-order valence-electron chi connectivity index (χ3n) is 3.98. The van der Waals surface area contributed by atoms with E-state index in [1.54, 1.807) is 13.8 Å². The molecule has 0 spiro atoms. The number of aromatic nitrogens is 2. The second-order valence-corrected chi connectivity index (χ2v) is 7.19. The van der Waals surface area contributed by atoms with Gasteiger partial charge in [0.2, 0.25) is 0 Å². The lowest BCUT2D eigenvalue weighted by molar-refractivity contribution is 0.0375. The molecule has 1 atom stereocenters. The minimum atomic E-state index is -1.01. The molecule has 0 aromatic carbocycles. The highest BCUT2D eigenvalue weighted by molar-refractivity contribution is 7.99. The maximum atomic E-state index is 11.4. The summed E-state index contributed by atoms with van der Waals surface area (Å²) in [4.78, 5) is 20.2. The minimum absolute atomic E-state index is 0.0871. The van der Waals surface area contributed by atoms with Crippen molar-refractivity contribution in [3.8, 4) is 0 Å². The lowest BCUT2D eigenvalue weighted by Crippen LogP contribution is -2.34. The quantitative estimate of drug-likeness (QED) is 0.621. The number of rotatable bonds is 6. The fourth-order valence-corrected chi connectivity index (χ4v) is 3.12. The summed E-state index contributed by atoms with van der Waals surface area (Å²) in [5.74, 6) is 0.595. The summed E-state index contributed by atoms with van der Waals surface area (Å²) < 4.78 is 0. The van der Waals surface area contributed by atoms with Gasteiger partial charge >= 0.3 is 5.97 Å². The first kappa shape index (κ1) is 16.2. The number of aryl methyl sites for hydroxylation is 1. The standard InChI is InChI=1S/C15H22N2O3S/c1-8(2)15(4,20)7-21-13-11(14(18)19)9(3)16-12(17-13)10-5-6-10/h8,10,20H,5-7H2,1-4H3,(H,18,19). The maximum Gasteiger partial charge on any atom is 0.340 e. The minimum Gasteiger partial charge on any atom is -0.478 e. The molecule has 2 N–H and O–H groups in total. The Balaban J connectivity index is 2.29. The van der Waals surface area contributed by atoms with Crippen molar-refractivity contribution < 1.29 is 15.0 Å². The van der Waals surface area contributed by atoms with Gasteiger partial charge in [0.1, 0.15) is 16.4 Å². The Morgan fingerprint density at radius 1 is 1.43 bits per heavy atom. The molecule has 1 fully saturated rings. The van der Waals surface area contributed by atoms with Crippen LogP contribution in [0, 0.1) is 12.8 Å². The van der Waals surface area contributed by atoms with Gasteiger partial charge in [-0.1, -0.05) is 13.8 Å². The van der Waals surface area contributed by atoms with Crippen LogP contribution in [0.3, 0.4) is 0 Å². The lowest BCUT2D eigenvalue weighted by atomic mass is 9.95. The second-order valence-electron chi connectivity index (χ2n) is 6.23. The van der Waals surface area contributed by atoms with E-state index in [1.165, 1.54) is 11.8 Å². The van der Waals surface area contributed by atoms with Crippen molar-refractivity contribution in [3.63, 3.8) is 0 Å². The molecule has 1 aliphatic rings. The van der Waals surface area contributed by atoms with E-state index in [4.69, 9.17) is 0 Å². The number of carbonyl (C=O) groups is 1. The Hall–Kier alpha value is -1.14. The van der Waals surface area contributed by atoms with Crippen molar-refractivity contribution in [3.05, 3.63) is 17.1 Å². The van der Waals surface area contributed by atoms with Crippen molar-refractivity contribution in [2.24, 2.45) is 5.92 Å². The van der Waals surface area contributed by atoms with Gasteiger partial charge in [-0.25, -0.2) is 14.8 Å². The third-order valence-corrected chi connectivity index (χ3v) is 5.27. The average molecular weight is 310 g/mol. The Labute approximate surface area is 129 Å². The molecule has 2 rings (SSSR count). The van der Waals surface area contributed by atoms with E-state index in [2.05, 4.69) is 9.97 Å². The normalized spacial score (nSPS) is 17.8. The first-order valence-electron chi connectivity index (χ1n) is 7.19. The average Bonchev–Trinajstić information content (AvgIpc) is 3.19. The van der Waals surface area contributed by atoms with Crippen molar-refractivity contribution in [1.29, 1.82) is 0 Å². The topological polar surface area (TPSA) is 83.3 Å². The SMILES string of the molecule is Cc1nc(C2CC2)nc(SCC(C)(O)C(C)C)c1C(=O)O. The van der Waals surface area contributed by atoms with Crippen LogP contribution < -0.4 is 0 Å². The highest BCUT2D eigenvalue weighted by atomic mass is 32.2. The predicted octanol–water partition coefficient (Wildman–Crippen LogP) is 2.86. The highest BCUT2D eigenvalue weighted by Crippen LogP contribution is 2.39. The zero-order valence-electron chi connectivity index (χ0n) is 12.9. The van der Waals surface area contributed by atoms with Gasteiger partial charge in [-0.15, -0.1) is 11.8 Å². The van der Waals surface area contributed by atoms with E-state index in [9.17, 15) is 15.0 Å². The first-order valence-corrected chi connectivity index (χ1v) is 8.18. The number of carboxylic acids is 1. The zero-order chi connectivity index (χ0) is 15.8. The van der Waals surface area contributed by atoms with Crippen LogP contribution in [-0.4, -0.2) is 37.5 Å². The van der Waals surface area contributed by atoms with Gasteiger partial charge in [-0.3, -0.25) is 0 Å². The van der Waals surface area contributed by atoms with Gasteiger partial charge in [0.15, 0.2) is 0 Å². The van der Waals surface area contributed by atoms with Gasteiger partial charge < -0.3 is 10.2 Å². The van der Waals surface area contributed by atoms with E-state index in [1.807, 2.05) is 13.8 Å². The summed E-state index contributed by atoms with van der Waals surface area (Å²) in [5.41, 5.74) is -0.200. The van der Waals surface area contributed by atoms with Crippen LogP contribution in [0.15, 0.2) is 5.03 Å². The molecule has 0 bridgehead atoms. The molecule has 0 amide bonds. The summed E-state index contributed by atoms with van der Waals surface area (Å²) >= 11 is 1.30. The molecular formula is C15H22N2O3S. The first-order chi connectivity index (χ1) is 9.72. The number of aliphatic hydroxyl groups is 1. The fraction of sp³-hybridized carbons (Fsp3) is 0.667. The summed E-state index contributed by atoms with van der Waals surface area (Å²) in [6.45, 7) is 7.36. The number of carboxylic acid groups (broad SMARTS) is 1. The van der Waals surface area contributed by atoms with Crippen molar-refractivity contribution in [2.75, 3.05) is 5.75 Å². The van der Waals surface area contributed by atoms with E-state index in [-0.39, 0.29) is 11.5 Å². The van der Waals surface area contributed by atoms with Gasteiger partial charge in [0.05, 0.1) is 11.3 Å². The Morgan fingerprint density at radius 3 is 2.52 bits per heavy atom. The summed E-state index contributed by atoms with van der Waals surface area (Å²) in [6, 6.07) is 0. The van der Waals surface area contributed by atoms with Gasteiger partial charge in [0.25, 0.3) is 0 Å². The van der Waals surface area contributed by atoms with Crippen molar-refractivity contribution in [1.82, 2.24) is 9.97 Å². The molecule has 21 heavy (non-hydrogen) atoms. The fourth-order valence-electron chi connectivity index (χ4n) is 1.82. The smallest absolute Gasteiger partial charge is 0.340 e. The summed E-state index contributed by atoms with van der Waals surface area (Å²) in [6.07, 6.45) is 2.14. The molecule has 6 heteroatoms. The zero-order valence-corrected chi connectivity index (χ0v) is 13.7. The van der Waals surface area contributed by atoms with Crippen LogP contribution in [0.4, 0.5) is 0 Å². The number of aromatic carboxylic acids is 1. The molecule has 0 radical (unpaired) electrons. The van der Waals surface area contributed by atoms with Crippen LogP contribution in [-0.2, 0) is 0 Å². The number of hydrogen-bond donors (Lipinski definition) is 2. The third kappa shape index (κ3) is 3.74. The molecule has 1 aromatic rings. The van der Waals surface area contributed by atoms with Crippen LogP contribution in [0.2, 0.25) is 0 Å². The molecule has 0 saturated heterocycles. The van der Waals surface area contributed by atoms with E-state index >= 15 is 0 Å². The molecule has 1 heterocycles. The Kier molecular flexibility index (Phi) is 4.58. The number of nitrogens with zero attached hydrogens (tertiary/aromatic N) is 2. The Bertz CT molecular complexity index is 554. The summed E-state index contributed by atoms with van der Waals surface area (Å²) in [5, 5.41) is 20.2. The molecule has 1 aromatic heterocycles. The van der Waals surface area contributed by atoms with Crippen molar-refractivity contribution >= 4 is 17.7 Å². The van der Waals surface area contributed by atoms with E-state index < -0.39 is 11.6 Å². The van der Waals surface area contributed by atoms with Gasteiger partial charge in [-0.2, -0.15) is 0 Å². The van der Waals surface area contributed by atoms with E-state index in [0.29, 0.717) is 22.4 Å². The monoisotopic (exact) mass is 310 g/mol. The molecule has 0 aliphatic heterocycles.